The van der Waals surface area contributed by atoms with Crippen molar-refractivity contribution in [2.75, 3.05) is 18.1 Å². The molecule has 1 N–H and O–H groups in total. The first-order valence-electron chi connectivity index (χ1n) is 7.10. The number of carbonyl (C=O) groups is 2. The molecule has 0 bridgehead atoms. The quantitative estimate of drug-likeness (QED) is 0.922. The number of thioether (sulfide) groups is 1. The van der Waals surface area contributed by atoms with E-state index in [0.717, 1.165) is 10.5 Å². The minimum absolute atomic E-state index is 0.0449. The Bertz CT molecular complexity index is 779. The second-order valence-corrected chi connectivity index (χ2v) is 6.72. The largest absolute Gasteiger partial charge is 0.337 e. The van der Waals surface area contributed by atoms with Crippen LogP contribution in [-0.2, 0) is 11.3 Å². The number of halogens is 1. The summed E-state index contributed by atoms with van der Waals surface area (Å²) in [6.45, 7) is 0.427. The molecule has 3 rings (SSSR count). The van der Waals surface area contributed by atoms with Crippen LogP contribution in [0.15, 0.2) is 47.4 Å². The van der Waals surface area contributed by atoms with Crippen LogP contribution in [0.25, 0.3) is 0 Å². The monoisotopic (exact) mass is 346 g/mol. The number of amides is 2. The molecular formula is C17H15ClN2O2S. The number of anilines is 1. The van der Waals surface area contributed by atoms with Gasteiger partial charge in [0.2, 0.25) is 5.91 Å². The van der Waals surface area contributed by atoms with E-state index in [2.05, 4.69) is 5.32 Å². The first-order chi connectivity index (χ1) is 11.0. The number of rotatable bonds is 3. The smallest absolute Gasteiger partial charge is 0.253 e. The zero-order valence-electron chi connectivity index (χ0n) is 12.5. The predicted octanol–water partition coefficient (Wildman–Crippen LogP) is 3.66. The van der Waals surface area contributed by atoms with Crippen LogP contribution in [-0.4, -0.2) is 29.5 Å². The third-order valence-electron chi connectivity index (χ3n) is 3.57. The summed E-state index contributed by atoms with van der Waals surface area (Å²) >= 11 is 7.62. The SMILES string of the molecule is CN(Cc1ccccc1Cl)C(=O)c1ccc2c(c1)NC(=O)CS2. The van der Waals surface area contributed by atoms with Crippen molar-refractivity contribution in [2.45, 2.75) is 11.4 Å². The van der Waals surface area contributed by atoms with Gasteiger partial charge in [0, 0.05) is 29.1 Å². The molecule has 6 heteroatoms. The van der Waals surface area contributed by atoms with E-state index in [1.54, 1.807) is 30.1 Å². The maximum absolute atomic E-state index is 12.6. The third-order valence-corrected chi connectivity index (χ3v) is 5.01. The average molecular weight is 347 g/mol. The lowest BCUT2D eigenvalue weighted by molar-refractivity contribution is -0.113. The van der Waals surface area contributed by atoms with Gasteiger partial charge in [0.1, 0.15) is 0 Å². The van der Waals surface area contributed by atoms with E-state index < -0.39 is 0 Å². The second-order valence-electron chi connectivity index (χ2n) is 5.30. The molecule has 2 aromatic carbocycles. The van der Waals surface area contributed by atoms with Crippen LogP contribution in [0, 0.1) is 0 Å². The van der Waals surface area contributed by atoms with Gasteiger partial charge in [-0.1, -0.05) is 29.8 Å². The second kappa shape index (κ2) is 6.64. The highest BCUT2D eigenvalue weighted by Crippen LogP contribution is 2.32. The van der Waals surface area contributed by atoms with E-state index in [0.29, 0.717) is 28.6 Å². The molecule has 0 spiro atoms. The molecule has 2 amide bonds. The number of nitrogens with zero attached hydrogens (tertiary/aromatic N) is 1. The molecule has 0 unspecified atom stereocenters. The predicted molar refractivity (Wildman–Crippen MR) is 93.0 cm³/mol. The number of hydrogen-bond donors (Lipinski definition) is 1. The van der Waals surface area contributed by atoms with Crippen molar-refractivity contribution in [3.05, 3.63) is 58.6 Å². The molecular weight excluding hydrogens is 332 g/mol. The molecule has 0 fully saturated rings. The fourth-order valence-electron chi connectivity index (χ4n) is 2.39. The number of fused-ring (bicyclic) bond motifs is 1. The normalized spacial score (nSPS) is 13.2. The Morgan fingerprint density at radius 1 is 1.30 bits per heavy atom. The molecule has 4 nitrogen and oxygen atoms in total. The maximum atomic E-state index is 12.6. The zero-order chi connectivity index (χ0) is 16.4. The summed E-state index contributed by atoms with van der Waals surface area (Å²) in [6.07, 6.45) is 0. The highest BCUT2D eigenvalue weighted by molar-refractivity contribution is 8.00. The molecule has 0 saturated heterocycles. The molecule has 0 saturated carbocycles. The molecule has 1 aliphatic heterocycles. The van der Waals surface area contributed by atoms with Gasteiger partial charge in [0.25, 0.3) is 5.91 Å². The summed E-state index contributed by atoms with van der Waals surface area (Å²) in [5.74, 6) is 0.251. The Labute approximate surface area is 143 Å². The zero-order valence-corrected chi connectivity index (χ0v) is 14.1. The lowest BCUT2D eigenvalue weighted by Crippen LogP contribution is -2.27. The Kier molecular flexibility index (Phi) is 4.59. The Morgan fingerprint density at radius 2 is 2.09 bits per heavy atom. The van der Waals surface area contributed by atoms with Crippen LogP contribution in [0.2, 0.25) is 5.02 Å². The first-order valence-corrected chi connectivity index (χ1v) is 8.46. The summed E-state index contributed by atoms with van der Waals surface area (Å²) in [5.41, 5.74) is 2.14. The van der Waals surface area contributed by atoms with Gasteiger partial charge in [-0.05, 0) is 29.8 Å². The van der Waals surface area contributed by atoms with Gasteiger partial charge < -0.3 is 10.2 Å². The lowest BCUT2D eigenvalue weighted by atomic mass is 10.1. The van der Waals surface area contributed by atoms with Crippen molar-refractivity contribution in [1.82, 2.24) is 4.90 Å². The van der Waals surface area contributed by atoms with Crippen molar-refractivity contribution in [1.29, 1.82) is 0 Å². The minimum Gasteiger partial charge on any atom is -0.337 e. The summed E-state index contributed by atoms with van der Waals surface area (Å²) < 4.78 is 0. The van der Waals surface area contributed by atoms with Gasteiger partial charge >= 0.3 is 0 Å². The minimum atomic E-state index is -0.113. The van der Waals surface area contributed by atoms with Gasteiger partial charge in [0.15, 0.2) is 0 Å². The molecule has 0 radical (unpaired) electrons. The molecule has 23 heavy (non-hydrogen) atoms. The Balaban J connectivity index is 1.79. The van der Waals surface area contributed by atoms with E-state index in [-0.39, 0.29) is 11.8 Å². The van der Waals surface area contributed by atoms with E-state index in [9.17, 15) is 9.59 Å². The Hall–Kier alpha value is -1.98. The molecule has 2 aromatic rings. The highest BCUT2D eigenvalue weighted by Gasteiger charge is 2.19. The fraction of sp³-hybridized carbons (Fsp3) is 0.176. The lowest BCUT2D eigenvalue weighted by Gasteiger charge is -2.20. The number of benzene rings is 2. The van der Waals surface area contributed by atoms with Crippen LogP contribution in [0.1, 0.15) is 15.9 Å². The molecule has 1 aliphatic rings. The molecule has 118 valence electrons. The van der Waals surface area contributed by atoms with Crippen LogP contribution in [0.3, 0.4) is 0 Å². The average Bonchev–Trinajstić information content (AvgIpc) is 2.55. The molecule has 0 aromatic heterocycles. The van der Waals surface area contributed by atoms with Gasteiger partial charge in [-0.2, -0.15) is 0 Å². The number of carbonyl (C=O) groups excluding carboxylic acids is 2. The number of nitrogens with one attached hydrogen (secondary N) is 1. The van der Waals surface area contributed by atoms with E-state index in [1.165, 1.54) is 11.8 Å². The van der Waals surface area contributed by atoms with Crippen LogP contribution in [0.5, 0.6) is 0 Å². The van der Waals surface area contributed by atoms with E-state index in [4.69, 9.17) is 11.6 Å². The van der Waals surface area contributed by atoms with Crippen molar-refractivity contribution in [2.24, 2.45) is 0 Å². The first kappa shape index (κ1) is 15.9. The summed E-state index contributed by atoms with van der Waals surface area (Å²) in [5, 5.41) is 3.44. The van der Waals surface area contributed by atoms with Crippen LogP contribution in [0.4, 0.5) is 5.69 Å². The van der Waals surface area contributed by atoms with Crippen LogP contribution < -0.4 is 5.32 Å². The van der Waals surface area contributed by atoms with Crippen molar-refractivity contribution in [3.63, 3.8) is 0 Å². The Morgan fingerprint density at radius 3 is 2.87 bits per heavy atom. The van der Waals surface area contributed by atoms with Gasteiger partial charge in [0.05, 0.1) is 11.4 Å². The van der Waals surface area contributed by atoms with E-state index >= 15 is 0 Å². The topological polar surface area (TPSA) is 49.4 Å². The van der Waals surface area contributed by atoms with Gasteiger partial charge in [-0.25, -0.2) is 0 Å². The van der Waals surface area contributed by atoms with E-state index in [1.807, 2.05) is 24.3 Å². The summed E-state index contributed by atoms with van der Waals surface area (Å²) in [4.78, 5) is 26.7. The highest BCUT2D eigenvalue weighted by atomic mass is 35.5. The third kappa shape index (κ3) is 3.51. The summed E-state index contributed by atoms with van der Waals surface area (Å²) in [6, 6.07) is 12.8. The van der Waals surface area contributed by atoms with Gasteiger partial charge in [-0.15, -0.1) is 11.8 Å². The van der Waals surface area contributed by atoms with Crippen molar-refractivity contribution < 1.29 is 9.59 Å². The van der Waals surface area contributed by atoms with Gasteiger partial charge in [-0.3, -0.25) is 9.59 Å². The van der Waals surface area contributed by atoms with Crippen molar-refractivity contribution >= 4 is 40.9 Å². The number of hydrogen-bond acceptors (Lipinski definition) is 3. The maximum Gasteiger partial charge on any atom is 0.253 e. The molecule has 0 atom stereocenters. The molecule has 1 heterocycles. The summed E-state index contributed by atoms with van der Waals surface area (Å²) in [7, 11) is 1.73. The van der Waals surface area contributed by atoms with Crippen molar-refractivity contribution in [3.8, 4) is 0 Å². The van der Waals surface area contributed by atoms with Crippen LogP contribution >= 0.6 is 23.4 Å². The fourth-order valence-corrected chi connectivity index (χ4v) is 3.37. The molecule has 0 aliphatic carbocycles. The standard InChI is InChI=1S/C17H15ClN2O2S/c1-20(9-12-4-2-3-5-13(12)18)17(22)11-6-7-15-14(8-11)19-16(21)10-23-15/h2-8H,9-10H2,1H3,(H,19,21).